The van der Waals surface area contributed by atoms with E-state index in [1.807, 2.05) is 0 Å². The highest BCUT2D eigenvalue weighted by atomic mass is 19.1. The molecule has 2 saturated heterocycles. The standard InChI is InChI=1S/C15H18FN3O3/c16-11-6-10(7-17-8-11)13(21)19-5-2-12(20)15(9-19)3-1-4-18-14(15)22/h6-8,12,20H,1-5,9H2,(H,18,22)/t12-,15+/m0/s1. The number of pyridine rings is 1. The minimum absolute atomic E-state index is 0.148. The average Bonchev–Trinajstić information content (AvgIpc) is 2.52. The van der Waals surface area contributed by atoms with E-state index < -0.39 is 17.3 Å². The molecule has 2 atom stereocenters. The van der Waals surface area contributed by atoms with Crippen LogP contribution in [0.15, 0.2) is 18.5 Å². The summed E-state index contributed by atoms with van der Waals surface area (Å²) in [6.45, 7) is 1.08. The highest BCUT2D eigenvalue weighted by Crippen LogP contribution is 2.37. The van der Waals surface area contributed by atoms with Crippen molar-refractivity contribution >= 4 is 11.8 Å². The lowest BCUT2D eigenvalue weighted by Gasteiger charge is -2.46. The zero-order valence-corrected chi connectivity index (χ0v) is 12.1. The van der Waals surface area contributed by atoms with Crippen LogP contribution in [0.4, 0.5) is 4.39 Å². The molecule has 7 heteroatoms. The van der Waals surface area contributed by atoms with E-state index in [0.717, 1.165) is 18.7 Å². The molecule has 1 aromatic heterocycles. The number of carbonyl (C=O) groups excluding carboxylic acids is 2. The molecule has 2 aliphatic heterocycles. The fourth-order valence-electron chi connectivity index (χ4n) is 3.33. The molecule has 6 nitrogen and oxygen atoms in total. The molecule has 1 spiro atoms. The monoisotopic (exact) mass is 307 g/mol. The van der Waals surface area contributed by atoms with Gasteiger partial charge in [-0.1, -0.05) is 0 Å². The van der Waals surface area contributed by atoms with Crippen molar-refractivity contribution in [3.05, 3.63) is 29.8 Å². The summed E-state index contributed by atoms with van der Waals surface area (Å²) in [6, 6.07) is 1.13. The molecule has 0 aromatic carbocycles. The SMILES string of the molecule is O=C(c1cncc(F)c1)N1CC[C@H](O)[C@@]2(CCCNC2=O)C1. The maximum Gasteiger partial charge on any atom is 0.255 e. The predicted molar refractivity (Wildman–Crippen MR) is 75.4 cm³/mol. The minimum atomic E-state index is -0.951. The van der Waals surface area contributed by atoms with Crippen molar-refractivity contribution in [3.8, 4) is 0 Å². The first kappa shape index (κ1) is 14.9. The smallest absolute Gasteiger partial charge is 0.255 e. The van der Waals surface area contributed by atoms with Crippen LogP contribution in [0.1, 0.15) is 29.6 Å². The third kappa shape index (κ3) is 2.45. The second kappa shape index (κ2) is 5.64. The number of rotatable bonds is 1. The summed E-state index contributed by atoms with van der Waals surface area (Å²) in [5.74, 6) is -1.15. The van der Waals surface area contributed by atoms with Crippen LogP contribution < -0.4 is 5.32 Å². The average molecular weight is 307 g/mol. The highest BCUT2D eigenvalue weighted by Gasteiger charge is 2.50. The molecule has 3 rings (SSSR count). The quantitative estimate of drug-likeness (QED) is 0.783. The van der Waals surface area contributed by atoms with Gasteiger partial charge in [-0.2, -0.15) is 0 Å². The highest BCUT2D eigenvalue weighted by molar-refractivity contribution is 5.95. The molecule has 0 radical (unpaired) electrons. The second-order valence-corrected chi connectivity index (χ2v) is 5.94. The van der Waals surface area contributed by atoms with Gasteiger partial charge in [-0.25, -0.2) is 4.39 Å². The van der Waals surface area contributed by atoms with Crippen LogP contribution >= 0.6 is 0 Å². The van der Waals surface area contributed by atoms with Gasteiger partial charge in [-0.15, -0.1) is 0 Å². The molecule has 0 aliphatic carbocycles. The minimum Gasteiger partial charge on any atom is -0.392 e. The van der Waals surface area contributed by atoms with E-state index in [1.165, 1.54) is 11.1 Å². The first-order valence-corrected chi connectivity index (χ1v) is 7.39. The van der Waals surface area contributed by atoms with E-state index in [9.17, 15) is 19.1 Å². The summed E-state index contributed by atoms with van der Waals surface area (Å²) >= 11 is 0. The van der Waals surface area contributed by atoms with Gasteiger partial charge in [0.05, 0.1) is 23.3 Å². The number of halogens is 1. The Bertz CT molecular complexity index is 609. The Kier molecular flexibility index (Phi) is 3.82. The topological polar surface area (TPSA) is 82.5 Å². The van der Waals surface area contributed by atoms with Crippen molar-refractivity contribution in [2.24, 2.45) is 5.41 Å². The number of carbonyl (C=O) groups is 2. The number of likely N-dealkylation sites (tertiary alicyclic amines) is 1. The van der Waals surface area contributed by atoms with Gasteiger partial charge in [0.25, 0.3) is 5.91 Å². The number of nitrogens with one attached hydrogen (secondary N) is 1. The van der Waals surface area contributed by atoms with E-state index in [-0.39, 0.29) is 23.9 Å². The molecule has 0 unspecified atom stereocenters. The second-order valence-electron chi connectivity index (χ2n) is 5.94. The van der Waals surface area contributed by atoms with Crippen LogP contribution in [0.2, 0.25) is 0 Å². The van der Waals surface area contributed by atoms with E-state index in [0.29, 0.717) is 25.9 Å². The molecular formula is C15H18FN3O3. The van der Waals surface area contributed by atoms with Gasteiger partial charge in [-0.3, -0.25) is 14.6 Å². The Morgan fingerprint density at radius 3 is 3.05 bits per heavy atom. The molecule has 2 amide bonds. The maximum absolute atomic E-state index is 13.2. The maximum atomic E-state index is 13.2. The van der Waals surface area contributed by atoms with Gasteiger partial charge < -0.3 is 15.3 Å². The molecule has 22 heavy (non-hydrogen) atoms. The predicted octanol–water partition coefficient (Wildman–Crippen LogP) is 0.324. The summed E-state index contributed by atoms with van der Waals surface area (Å²) in [5.41, 5.74) is -0.796. The zero-order valence-electron chi connectivity index (χ0n) is 12.1. The van der Waals surface area contributed by atoms with Crippen LogP contribution in [0.3, 0.4) is 0 Å². The van der Waals surface area contributed by atoms with Crippen molar-refractivity contribution < 1.29 is 19.1 Å². The summed E-state index contributed by atoms with van der Waals surface area (Å²) in [6.07, 6.45) is 3.23. The van der Waals surface area contributed by atoms with Crippen LogP contribution in [0.25, 0.3) is 0 Å². The molecule has 1 aromatic rings. The molecule has 2 N–H and O–H groups in total. The number of piperidine rings is 2. The molecule has 3 heterocycles. The van der Waals surface area contributed by atoms with Crippen molar-refractivity contribution in [2.75, 3.05) is 19.6 Å². The lowest BCUT2D eigenvalue weighted by Crippen LogP contribution is -2.62. The number of nitrogens with zero attached hydrogens (tertiary/aromatic N) is 2. The number of aromatic nitrogens is 1. The summed E-state index contributed by atoms with van der Waals surface area (Å²) in [7, 11) is 0. The van der Waals surface area contributed by atoms with Gasteiger partial charge in [0.1, 0.15) is 5.82 Å². The number of hydrogen-bond donors (Lipinski definition) is 2. The molecule has 0 saturated carbocycles. The van der Waals surface area contributed by atoms with Crippen LogP contribution in [-0.4, -0.2) is 52.5 Å². The van der Waals surface area contributed by atoms with Crippen molar-refractivity contribution in [2.45, 2.75) is 25.4 Å². The van der Waals surface area contributed by atoms with Crippen molar-refractivity contribution in [1.29, 1.82) is 0 Å². The fourth-order valence-corrected chi connectivity index (χ4v) is 3.33. The largest absolute Gasteiger partial charge is 0.392 e. The van der Waals surface area contributed by atoms with Gasteiger partial charge in [0.2, 0.25) is 5.91 Å². The van der Waals surface area contributed by atoms with Crippen LogP contribution in [0, 0.1) is 11.2 Å². The van der Waals surface area contributed by atoms with Gasteiger partial charge >= 0.3 is 0 Å². The summed E-state index contributed by atoms with van der Waals surface area (Å²) < 4.78 is 13.2. The van der Waals surface area contributed by atoms with E-state index >= 15 is 0 Å². The number of hydrogen-bond acceptors (Lipinski definition) is 4. The van der Waals surface area contributed by atoms with Gasteiger partial charge in [0, 0.05) is 25.8 Å². The van der Waals surface area contributed by atoms with Crippen LogP contribution in [-0.2, 0) is 4.79 Å². The molecule has 2 aliphatic rings. The third-order valence-electron chi connectivity index (χ3n) is 4.56. The molecule has 0 bridgehead atoms. The van der Waals surface area contributed by atoms with E-state index in [2.05, 4.69) is 10.3 Å². The Balaban J connectivity index is 1.84. The first-order valence-electron chi connectivity index (χ1n) is 7.39. The van der Waals surface area contributed by atoms with E-state index in [1.54, 1.807) is 0 Å². The number of aliphatic hydroxyl groups excluding tert-OH is 1. The zero-order chi connectivity index (χ0) is 15.7. The Hall–Kier alpha value is -2.02. The number of amides is 2. The lowest BCUT2D eigenvalue weighted by atomic mass is 9.71. The van der Waals surface area contributed by atoms with Gasteiger partial charge in [0.15, 0.2) is 0 Å². The molecule has 118 valence electrons. The summed E-state index contributed by atoms with van der Waals surface area (Å²) in [5, 5.41) is 13.1. The number of aliphatic hydroxyl groups is 1. The fraction of sp³-hybridized carbons (Fsp3) is 0.533. The molecule has 2 fully saturated rings. The normalized spacial score (nSPS) is 28.5. The Labute approximate surface area is 127 Å². The van der Waals surface area contributed by atoms with Crippen molar-refractivity contribution in [3.63, 3.8) is 0 Å². The lowest BCUT2D eigenvalue weighted by molar-refractivity contribution is -0.147. The Morgan fingerprint density at radius 1 is 1.50 bits per heavy atom. The van der Waals surface area contributed by atoms with Gasteiger partial charge in [-0.05, 0) is 25.3 Å². The van der Waals surface area contributed by atoms with Crippen molar-refractivity contribution in [1.82, 2.24) is 15.2 Å². The first-order chi connectivity index (χ1) is 10.5. The molecular weight excluding hydrogens is 289 g/mol. The van der Waals surface area contributed by atoms with Crippen LogP contribution in [0.5, 0.6) is 0 Å². The Morgan fingerprint density at radius 2 is 2.32 bits per heavy atom. The third-order valence-corrected chi connectivity index (χ3v) is 4.56. The van der Waals surface area contributed by atoms with E-state index in [4.69, 9.17) is 0 Å². The summed E-state index contributed by atoms with van der Waals surface area (Å²) in [4.78, 5) is 29.9.